The van der Waals surface area contributed by atoms with Crippen molar-refractivity contribution in [2.45, 2.75) is 51.6 Å². The summed E-state index contributed by atoms with van der Waals surface area (Å²) in [5.41, 5.74) is 2.48. The second kappa shape index (κ2) is 5.34. The second-order valence-corrected chi connectivity index (χ2v) is 8.85. The van der Waals surface area contributed by atoms with Crippen LogP contribution in [0.15, 0.2) is 35.1 Å². The van der Waals surface area contributed by atoms with Crippen molar-refractivity contribution in [1.82, 2.24) is 9.78 Å². The van der Waals surface area contributed by atoms with E-state index >= 15 is 0 Å². The largest absolute Gasteiger partial charge is 0.386 e. The van der Waals surface area contributed by atoms with Gasteiger partial charge in [0.05, 0.1) is 11.4 Å². The van der Waals surface area contributed by atoms with Gasteiger partial charge in [0, 0.05) is 11.5 Å². The van der Waals surface area contributed by atoms with Crippen LogP contribution in [0.4, 0.5) is 0 Å². The van der Waals surface area contributed by atoms with E-state index in [2.05, 4.69) is 5.10 Å². The van der Waals surface area contributed by atoms with Gasteiger partial charge in [0.25, 0.3) is 5.56 Å². The maximum absolute atomic E-state index is 12.5. The Bertz CT molecular complexity index is 827. The third-order valence-corrected chi connectivity index (χ3v) is 7.06. The van der Waals surface area contributed by atoms with Gasteiger partial charge in [-0.05, 0) is 74.8 Å². The van der Waals surface area contributed by atoms with Crippen LogP contribution in [0.1, 0.15) is 55.9 Å². The van der Waals surface area contributed by atoms with E-state index in [9.17, 15) is 9.90 Å². The third-order valence-electron chi connectivity index (χ3n) is 7.06. The molecule has 1 heterocycles. The van der Waals surface area contributed by atoms with E-state index in [-0.39, 0.29) is 11.0 Å². The standard InChI is InChI=1S/C21H26N2O2/c1-13-4-2-3-5-18(13)23-19(24)9-17(22-23)20(25)21-10-14-6-15(11-21)8-16(7-14)12-21/h2-5,9,14-16,20,22,25H,6-8,10-12H2,1H3. The Morgan fingerprint density at radius 1 is 1.12 bits per heavy atom. The van der Waals surface area contributed by atoms with Crippen LogP contribution in [-0.4, -0.2) is 14.9 Å². The monoisotopic (exact) mass is 338 g/mol. The maximum Gasteiger partial charge on any atom is 0.271 e. The number of hydrogen-bond acceptors (Lipinski definition) is 2. The molecule has 4 fully saturated rings. The number of H-pyrrole nitrogens is 1. The molecule has 4 aliphatic rings. The Hall–Kier alpha value is -1.81. The van der Waals surface area contributed by atoms with Crippen LogP contribution in [-0.2, 0) is 0 Å². The van der Waals surface area contributed by atoms with Gasteiger partial charge in [0.2, 0.25) is 0 Å². The average molecular weight is 338 g/mol. The number of aryl methyl sites for hydroxylation is 1. The van der Waals surface area contributed by atoms with Crippen molar-refractivity contribution in [3.63, 3.8) is 0 Å². The van der Waals surface area contributed by atoms with E-state index < -0.39 is 6.10 Å². The summed E-state index contributed by atoms with van der Waals surface area (Å²) in [5, 5.41) is 14.5. The predicted molar refractivity (Wildman–Crippen MR) is 96.7 cm³/mol. The highest BCUT2D eigenvalue weighted by Crippen LogP contribution is 2.63. The highest BCUT2D eigenvalue weighted by Gasteiger charge is 2.54. The molecule has 4 nitrogen and oxygen atoms in total. The minimum absolute atomic E-state index is 0.0182. The molecule has 1 aromatic carbocycles. The lowest BCUT2D eigenvalue weighted by Gasteiger charge is -2.58. The number of nitrogens with one attached hydrogen (secondary N) is 1. The summed E-state index contributed by atoms with van der Waals surface area (Å²) in [6.45, 7) is 2.00. The Kier molecular flexibility index (Phi) is 3.30. The number of aliphatic hydroxyl groups excluding tert-OH is 1. The molecule has 1 aromatic heterocycles. The molecule has 25 heavy (non-hydrogen) atoms. The van der Waals surface area contributed by atoms with E-state index in [0.717, 1.165) is 48.3 Å². The van der Waals surface area contributed by atoms with Gasteiger partial charge >= 0.3 is 0 Å². The van der Waals surface area contributed by atoms with Crippen molar-refractivity contribution in [2.24, 2.45) is 23.2 Å². The lowest BCUT2D eigenvalue weighted by Crippen LogP contribution is -2.49. The Labute approximate surface area is 147 Å². The highest BCUT2D eigenvalue weighted by molar-refractivity contribution is 5.39. The second-order valence-electron chi connectivity index (χ2n) is 8.85. The number of aromatic amines is 1. The SMILES string of the molecule is Cc1ccccc1-n1[nH]c(C(O)C23CC4CC(CC(C4)C2)C3)cc1=O. The van der Waals surface area contributed by atoms with Crippen molar-refractivity contribution in [3.8, 4) is 5.69 Å². The van der Waals surface area contributed by atoms with Gasteiger partial charge in [-0.3, -0.25) is 9.89 Å². The summed E-state index contributed by atoms with van der Waals surface area (Å²) < 4.78 is 1.58. The number of aromatic nitrogens is 2. The van der Waals surface area contributed by atoms with Gasteiger partial charge in [0.1, 0.15) is 6.10 Å². The molecule has 1 atom stereocenters. The van der Waals surface area contributed by atoms with E-state index in [1.54, 1.807) is 10.7 Å². The van der Waals surface area contributed by atoms with Crippen LogP contribution in [0.2, 0.25) is 0 Å². The Morgan fingerprint density at radius 2 is 1.72 bits per heavy atom. The van der Waals surface area contributed by atoms with Crippen molar-refractivity contribution in [2.75, 3.05) is 0 Å². The molecule has 4 bridgehead atoms. The molecule has 4 saturated carbocycles. The van der Waals surface area contributed by atoms with Crippen LogP contribution < -0.4 is 5.56 Å². The van der Waals surface area contributed by atoms with Crippen LogP contribution in [0.5, 0.6) is 0 Å². The minimum Gasteiger partial charge on any atom is -0.386 e. The molecule has 6 rings (SSSR count). The Balaban J connectivity index is 1.51. The summed E-state index contributed by atoms with van der Waals surface area (Å²) in [4.78, 5) is 12.5. The van der Waals surface area contributed by atoms with Crippen molar-refractivity contribution < 1.29 is 5.11 Å². The predicted octanol–water partition coefficient (Wildman–Crippen LogP) is 3.72. The van der Waals surface area contributed by atoms with Gasteiger partial charge in [-0.15, -0.1) is 0 Å². The summed E-state index contributed by atoms with van der Waals surface area (Å²) in [6, 6.07) is 9.45. The first-order valence-corrected chi connectivity index (χ1v) is 9.60. The molecule has 2 N–H and O–H groups in total. The lowest BCUT2D eigenvalue weighted by molar-refractivity contribution is -0.123. The molecule has 0 aliphatic heterocycles. The zero-order valence-electron chi connectivity index (χ0n) is 14.7. The molecule has 0 radical (unpaired) electrons. The fraction of sp³-hybridized carbons (Fsp3) is 0.571. The zero-order valence-corrected chi connectivity index (χ0v) is 14.7. The molecule has 1 unspecified atom stereocenters. The van der Waals surface area contributed by atoms with Crippen LogP contribution in [0.3, 0.4) is 0 Å². The smallest absolute Gasteiger partial charge is 0.271 e. The molecule has 2 aromatic rings. The molecular formula is C21H26N2O2. The minimum atomic E-state index is -0.557. The fourth-order valence-electron chi connectivity index (χ4n) is 6.39. The van der Waals surface area contributed by atoms with Crippen LogP contribution in [0.25, 0.3) is 5.69 Å². The molecule has 4 heteroatoms. The quantitative estimate of drug-likeness (QED) is 0.896. The first kappa shape index (κ1) is 15.4. The third kappa shape index (κ3) is 2.34. The number of rotatable bonds is 3. The molecular weight excluding hydrogens is 312 g/mol. The van der Waals surface area contributed by atoms with Crippen molar-refractivity contribution >= 4 is 0 Å². The summed E-state index contributed by atoms with van der Waals surface area (Å²) in [6.07, 6.45) is 6.87. The van der Waals surface area contributed by atoms with Crippen molar-refractivity contribution in [1.29, 1.82) is 0 Å². The lowest BCUT2D eigenvalue weighted by atomic mass is 9.48. The van der Waals surface area contributed by atoms with E-state index in [1.807, 2.05) is 31.2 Å². The van der Waals surface area contributed by atoms with Gasteiger partial charge in [-0.1, -0.05) is 18.2 Å². The van der Waals surface area contributed by atoms with Crippen LogP contribution >= 0.6 is 0 Å². The Morgan fingerprint density at radius 3 is 2.32 bits per heavy atom. The first-order chi connectivity index (χ1) is 12.0. The van der Waals surface area contributed by atoms with Crippen molar-refractivity contribution in [3.05, 3.63) is 51.9 Å². The maximum atomic E-state index is 12.5. The zero-order chi connectivity index (χ0) is 17.2. The molecule has 132 valence electrons. The number of hydrogen-bond donors (Lipinski definition) is 2. The topological polar surface area (TPSA) is 58.0 Å². The van der Waals surface area contributed by atoms with E-state index in [0.29, 0.717) is 5.69 Å². The summed E-state index contributed by atoms with van der Waals surface area (Å²) >= 11 is 0. The van der Waals surface area contributed by atoms with Gasteiger partial charge in [-0.2, -0.15) is 0 Å². The highest BCUT2D eigenvalue weighted by atomic mass is 16.3. The summed E-state index contributed by atoms with van der Waals surface area (Å²) in [7, 11) is 0. The van der Waals surface area contributed by atoms with Gasteiger partial charge in [0.15, 0.2) is 0 Å². The first-order valence-electron chi connectivity index (χ1n) is 9.60. The van der Waals surface area contributed by atoms with E-state index in [1.165, 1.54) is 19.3 Å². The van der Waals surface area contributed by atoms with Gasteiger partial charge in [-0.25, -0.2) is 4.68 Å². The summed E-state index contributed by atoms with van der Waals surface area (Å²) in [5.74, 6) is 2.35. The van der Waals surface area contributed by atoms with E-state index in [4.69, 9.17) is 0 Å². The number of aliphatic hydroxyl groups is 1. The van der Waals surface area contributed by atoms with Gasteiger partial charge < -0.3 is 5.11 Å². The molecule has 0 saturated heterocycles. The average Bonchev–Trinajstić information content (AvgIpc) is 2.95. The molecule has 0 spiro atoms. The molecule has 4 aliphatic carbocycles. The number of nitrogens with zero attached hydrogens (tertiary/aromatic N) is 1. The van der Waals surface area contributed by atoms with Crippen LogP contribution in [0, 0.1) is 30.1 Å². The molecule has 0 amide bonds. The fourth-order valence-corrected chi connectivity index (χ4v) is 6.39. The number of benzene rings is 1. The normalized spacial score (nSPS) is 34.4. The number of para-hydroxylation sites is 1.